The molecule has 0 aliphatic carbocycles. The van der Waals surface area contributed by atoms with E-state index in [9.17, 15) is 4.79 Å². The highest BCUT2D eigenvalue weighted by Gasteiger charge is 2.01. The van der Waals surface area contributed by atoms with Gasteiger partial charge in [0.05, 0.1) is 0 Å². The first-order chi connectivity index (χ1) is 8.72. The number of hydrogen-bond donors (Lipinski definition) is 2. The lowest BCUT2D eigenvalue weighted by molar-refractivity contribution is -0.123. The standard InChI is InChI=1S/C13H19IN2O2/c1-2-7-15-8-9-16-13(17)10-18-12-5-3-11(14)4-6-12/h3-6,15H,2,7-10H2,1H3,(H,16,17). The van der Waals surface area contributed by atoms with Gasteiger partial charge in [-0.1, -0.05) is 6.92 Å². The maximum absolute atomic E-state index is 11.5. The van der Waals surface area contributed by atoms with Crippen LogP contribution in [0.25, 0.3) is 0 Å². The van der Waals surface area contributed by atoms with E-state index in [4.69, 9.17) is 4.74 Å². The first-order valence-corrected chi connectivity index (χ1v) is 7.16. The Hall–Kier alpha value is -0.820. The molecule has 1 aromatic carbocycles. The Labute approximate surface area is 122 Å². The molecule has 1 aromatic rings. The smallest absolute Gasteiger partial charge is 0.257 e. The van der Waals surface area contributed by atoms with Gasteiger partial charge in [-0.2, -0.15) is 0 Å². The second kappa shape index (κ2) is 9.16. The Balaban J connectivity index is 2.11. The van der Waals surface area contributed by atoms with Crippen LogP contribution in [0.2, 0.25) is 0 Å². The van der Waals surface area contributed by atoms with Crippen LogP contribution in [-0.4, -0.2) is 32.1 Å². The zero-order valence-corrected chi connectivity index (χ0v) is 12.7. The van der Waals surface area contributed by atoms with Crippen LogP contribution in [0.4, 0.5) is 0 Å². The van der Waals surface area contributed by atoms with Gasteiger partial charge in [0.15, 0.2) is 6.61 Å². The van der Waals surface area contributed by atoms with Crippen LogP contribution in [0.1, 0.15) is 13.3 Å². The maximum atomic E-state index is 11.5. The summed E-state index contributed by atoms with van der Waals surface area (Å²) in [6.07, 6.45) is 1.10. The van der Waals surface area contributed by atoms with Crippen molar-refractivity contribution in [3.05, 3.63) is 27.8 Å². The van der Waals surface area contributed by atoms with Crippen molar-refractivity contribution in [1.29, 1.82) is 0 Å². The third kappa shape index (κ3) is 6.80. The molecule has 18 heavy (non-hydrogen) atoms. The minimum atomic E-state index is -0.0909. The Morgan fingerprint density at radius 1 is 1.22 bits per heavy atom. The molecule has 2 N–H and O–H groups in total. The summed E-state index contributed by atoms with van der Waals surface area (Å²) in [5.41, 5.74) is 0. The molecule has 5 heteroatoms. The monoisotopic (exact) mass is 362 g/mol. The average molecular weight is 362 g/mol. The summed E-state index contributed by atoms with van der Waals surface area (Å²) < 4.78 is 6.51. The summed E-state index contributed by atoms with van der Waals surface area (Å²) in [4.78, 5) is 11.5. The maximum Gasteiger partial charge on any atom is 0.257 e. The van der Waals surface area contributed by atoms with Crippen molar-refractivity contribution < 1.29 is 9.53 Å². The largest absolute Gasteiger partial charge is 0.484 e. The minimum absolute atomic E-state index is 0.0639. The van der Waals surface area contributed by atoms with Gasteiger partial charge >= 0.3 is 0 Å². The molecule has 0 atom stereocenters. The van der Waals surface area contributed by atoms with Gasteiger partial charge in [0.1, 0.15) is 5.75 Å². The van der Waals surface area contributed by atoms with Gasteiger partial charge in [0, 0.05) is 16.7 Å². The van der Waals surface area contributed by atoms with Crippen molar-refractivity contribution in [3.63, 3.8) is 0 Å². The molecule has 0 saturated heterocycles. The molecule has 0 aliphatic heterocycles. The van der Waals surface area contributed by atoms with Crippen LogP contribution < -0.4 is 15.4 Å². The number of amides is 1. The fourth-order valence-electron chi connectivity index (χ4n) is 1.32. The Kier molecular flexibility index (Phi) is 7.75. The number of rotatable bonds is 8. The molecule has 0 aliphatic rings. The Bertz CT molecular complexity index is 355. The first-order valence-electron chi connectivity index (χ1n) is 6.08. The molecule has 0 spiro atoms. The van der Waals surface area contributed by atoms with Crippen molar-refractivity contribution in [2.24, 2.45) is 0 Å². The molecule has 0 heterocycles. The minimum Gasteiger partial charge on any atom is -0.484 e. The predicted octanol–water partition coefficient (Wildman–Crippen LogP) is 1.79. The molecule has 0 fully saturated rings. The SMILES string of the molecule is CCCNCCNC(=O)COc1ccc(I)cc1. The number of hydrogen-bond acceptors (Lipinski definition) is 3. The highest BCUT2D eigenvalue weighted by atomic mass is 127. The summed E-state index contributed by atoms with van der Waals surface area (Å²) in [7, 11) is 0. The van der Waals surface area contributed by atoms with E-state index in [2.05, 4.69) is 40.1 Å². The summed E-state index contributed by atoms with van der Waals surface area (Å²) in [6.45, 7) is 4.59. The van der Waals surface area contributed by atoms with Crippen molar-refractivity contribution in [3.8, 4) is 5.75 Å². The van der Waals surface area contributed by atoms with Gasteiger partial charge in [-0.3, -0.25) is 4.79 Å². The van der Waals surface area contributed by atoms with Crippen molar-refractivity contribution >= 4 is 28.5 Å². The zero-order chi connectivity index (χ0) is 13.2. The molecule has 0 aromatic heterocycles. The van der Waals surface area contributed by atoms with Gasteiger partial charge in [0.25, 0.3) is 5.91 Å². The summed E-state index contributed by atoms with van der Waals surface area (Å²) >= 11 is 2.23. The molecule has 1 rings (SSSR count). The lowest BCUT2D eigenvalue weighted by Gasteiger charge is -2.08. The highest BCUT2D eigenvalue weighted by molar-refractivity contribution is 14.1. The fraction of sp³-hybridized carbons (Fsp3) is 0.462. The van der Waals surface area contributed by atoms with E-state index in [-0.39, 0.29) is 12.5 Å². The van der Waals surface area contributed by atoms with Crippen molar-refractivity contribution in [2.75, 3.05) is 26.2 Å². The lowest BCUT2D eigenvalue weighted by Crippen LogP contribution is -2.34. The molecular weight excluding hydrogens is 343 g/mol. The Morgan fingerprint density at radius 3 is 2.61 bits per heavy atom. The van der Waals surface area contributed by atoms with Crippen LogP contribution in [0.15, 0.2) is 24.3 Å². The fourth-order valence-corrected chi connectivity index (χ4v) is 1.68. The van der Waals surface area contributed by atoms with E-state index in [0.29, 0.717) is 6.54 Å². The quantitative estimate of drug-likeness (QED) is 0.548. The molecular formula is C13H19IN2O2. The van der Waals surface area contributed by atoms with Crippen molar-refractivity contribution in [1.82, 2.24) is 10.6 Å². The Morgan fingerprint density at radius 2 is 1.94 bits per heavy atom. The van der Waals surface area contributed by atoms with E-state index >= 15 is 0 Å². The van der Waals surface area contributed by atoms with E-state index in [1.165, 1.54) is 0 Å². The molecule has 0 radical (unpaired) electrons. The topological polar surface area (TPSA) is 50.4 Å². The number of ether oxygens (including phenoxy) is 1. The molecule has 0 bridgehead atoms. The number of benzene rings is 1. The van der Waals surface area contributed by atoms with Crippen LogP contribution in [0, 0.1) is 3.57 Å². The molecule has 0 unspecified atom stereocenters. The van der Waals surface area contributed by atoms with Crippen LogP contribution >= 0.6 is 22.6 Å². The summed E-state index contributed by atoms with van der Waals surface area (Å²) in [5.74, 6) is 0.626. The predicted molar refractivity (Wildman–Crippen MR) is 80.8 cm³/mol. The van der Waals surface area contributed by atoms with Gasteiger partial charge < -0.3 is 15.4 Å². The van der Waals surface area contributed by atoms with Crippen molar-refractivity contribution in [2.45, 2.75) is 13.3 Å². The second-order valence-electron chi connectivity index (χ2n) is 3.84. The van der Waals surface area contributed by atoms with E-state index < -0.39 is 0 Å². The number of halogens is 1. The van der Waals surface area contributed by atoms with Gasteiger partial charge in [0.2, 0.25) is 0 Å². The highest BCUT2D eigenvalue weighted by Crippen LogP contribution is 2.12. The third-order valence-corrected chi connectivity index (χ3v) is 2.95. The second-order valence-corrected chi connectivity index (χ2v) is 5.09. The first kappa shape index (κ1) is 15.2. The number of carbonyl (C=O) groups excluding carboxylic acids is 1. The lowest BCUT2D eigenvalue weighted by atomic mass is 10.3. The van der Waals surface area contributed by atoms with Crippen LogP contribution in [0.3, 0.4) is 0 Å². The van der Waals surface area contributed by atoms with Gasteiger partial charge in [-0.05, 0) is 59.8 Å². The third-order valence-electron chi connectivity index (χ3n) is 2.23. The van der Waals surface area contributed by atoms with Crippen LogP contribution in [-0.2, 0) is 4.79 Å². The van der Waals surface area contributed by atoms with E-state index in [0.717, 1.165) is 28.8 Å². The molecule has 0 saturated carbocycles. The summed E-state index contributed by atoms with van der Waals surface area (Å²) in [6, 6.07) is 7.61. The normalized spacial score (nSPS) is 10.1. The number of carbonyl (C=O) groups is 1. The van der Waals surface area contributed by atoms with Gasteiger partial charge in [-0.15, -0.1) is 0 Å². The van der Waals surface area contributed by atoms with Crippen LogP contribution in [0.5, 0.6) is 5.75 Å². The zero-order valence-electron chi connectivity index (χ0n) is 10.5. The van der Waals surface area contributed by atoms with E-state index in [1.54, 1.807) is 0 Å². The molecule has 4 nitrogen and oxygen atoms in total. The summed E-state index contributed by atoms with van der Waals surface area (Å²) in [5, 5.41) is 6.01. The molecule has 100 valence electrons. The average Bonchev–Trinajstić information content (AvgIpc) is 2.38. The van der Waals surface area contributed by atoms with Gasteiger partial charge in [-0.25, -0.2) is 0 Å². The van der Waals surface area contributed by atoms with E-state index in [1.807, 2.05) is 24.3 Å². The number of nitrogens with one attached hydrogen (secondary N) is 2. The molecule has 1 amide bonds.